The molecule has 0 N–H and O–H groups in total. The molecule has 0 saturated carbocycles. The summed E-state index contributed by atoms with van der Waals surface area (Å²) in [6.45, 7) is 10.5. The lowest BCUT2D eigenvalue weighted by molar-refractivity contribution is 0.245. The van der Waals surface area contributed by atoms with E-state index in [0.717, 1.165) is 0 Å². The van der Waals surface area contributed by atoms with Crippen molar-refractivity contribution in [3.05, 3.63) is 12.7 Å². The van der Waals surface area contributed by atoms with E-state index in [2.05, 4.69) is 22.5 Å². The summed E-state index contributed by atoms with van der Waals surface area (Å²) in [5, 5.41) is 0. The summed E-state index contributed by atoms with van der Waals surface area (Å²) in [6.07, 6.45) is 0.862. The zero-order valence-corrected chi connectivity index (χ0v) is 13.2. The topological polar surface area (TPSA) is 52.6 Å². The highest BCUT2D eigenvalue weighted by atomic mass is 79.9. The molecular formula is C9H17BrO4P2+2. The second-order valence-electron chi connectivity index (χ2n) is 3.66. The molecule has 2 unspecified atom stereocenters. The van der Waals surface area contributed by atoms with Gasteiger partial charge >= 0.3 is 19.9 Å². The largest absolute Gasteiger partial charge is 0.587 e. The van der Waals surface area contributed by atoms with Gasteiger partial charge in [-0.25, -0.2) is 0 Å². The van der Waals surface area contributed by atoms with Crippen LogP contribution >= 0.6 is 32.0 Å². The second-order valence-corrected chi connectivity index (χ2v) is 9.35. The molecule has 7 heteroatoms. The Labute approximate surface area is 107 Å². The zero-order valence-electron chi connectivity index (χ0n) is 9.84. The Morgan fingerprint density at radius 1 is 1.12 bits per heavy atom. The Morgan fingerprint density at radius 3 is 1.62 bits per heavy atom. The third-order valence-electron chi connectivity index (χ3n) is 1.38. The molecule has 0 aromatic carbocycles. The van der Waals surface area contributed by atoms with Crippen molar-refractivity contribution in [1.82, 2.24) is 0 Å². The fourth-order valence-electron chi connectivity index (χ4n) is 0.747. The van der Waals surface area contributed by atoms with Crippen molar-refractivity contribution in [1.29, 1.82) is 0 Å². The molecule has 0 amide bonds. The van der Waals surface area contributed by atoms with E-state index in [0.29, 0.717) is 0 Å². The van der Waals surface area contributed by atoms with Crippen LogP contribution in [0.5, 0.6) is 0 Å². The van der Waals surface area contributed by atoms with Crippen LogP contribution in [0.25, 0.3) is 0 Å². The molecule has 0 aromatic rings. The normalized spacial score (nSPS) is 17.2. The summed E-state index contributed by atoms with van der Waals surface area (Å²) in [4.78, 5) is 0. The Hall–Kier alpha value is 0.340. The standard InChI is InChI=1S/C9H17BrO4P2/c1-6-9(10,15(11)13-7(2)3)16(12)14-8(4)5/h6-8H,1H2,2-5H3/q+2. The average molecular weight is 331 g/mol. The van der Waals surface area contributed by atoms with Gasteiger partial charge in [0, 0.05) is 22.0 Å². The van der Waals surface area contributed by atoms with Crippen LogP contribution < -0.4 is 0 Å². The van der Waals surface area contributed by atoms with Gasteiger partial charge in [0.25, 0.3) is 0 Å². The molecule has 0 radical (unpaired) electrons. The molecule has 16 heavy (non-hydrogen) atoms. The molecule has 92 valence electrons. The monoisotopic (exact) mass is 330 g/mol. The van der Waals surface area contributed by atoms with Crippen molar-refractivity contribution in [2.24, 2.45) is 0 Å². The summed E-state index contributed by atoms with van der Waals surface area (Å²) in [5.41, 5.74) is 0. The quantitative estimate of drug-likeness (QED) is 0.390. The van der Waals surface area contributed by atoms with E-state index in [-0.39, 0.29) is 12.2 Å². The molecule has 0 saturated heterocycles. The molecule has 0 rings (SSSR count). The van der Waals surface area contributed by atoms with Crippen LogP contribution in [0.1, 0.15) is 27.7 Å². The minimum Gasteiger partial charge on any atom is -0.139 e. The molecule has 0 spiro atoms. The van der Waals surface area contributed by atoms with Gasteiger partial charge in [0.1, 0.15) is 12.2 Å². The van der Waals surface area contributed by atoms with Gasteiger partial charge in [0.15, 0.2) is 0 Å². The lowest BCUT2D eigenvalue weighted by atomic mass is 10.5. The number of alkyl halides is 1. The first-order chi connectivity index (χ1) is 7.24. The van der Waals surface area contributed by atoms with Crippen molar-refractivity contribution in [2.75, 3.05) is 0 Å². The average Bonchev–Trinajstić information content (AvgIpc) is 2.14. The van der Waals surface area contributed by atoms with E-state index >= 15 is 0 Å². The number of allylic oxidation sites excluding steroid dienone is 1. The smallest absolute Gasteiger partial charge is 0.139 e. The molecule has 0 heterocycles. The molecule has 4 nitrogen and oxygen atoms in total. The molecule has 0 bridgehead atoms. The number of halogens is 1. The number of hydrogen-bond acceptors (Lipinski definition) is 4. The van der Waals surface area contributed by atoms with Crippen LogP contribution in [0.4, 0.5) is 0 Å². The summed E-state index contributed by atoms with van der Waals surface area (Å²) in [7, 11) is -4.39. The molecule has 0 aromatic heterocycles. The Balaban J connectivity index is 4.83. The van der Waals surface area contributed by atoms with E-state index in [1.807, 2.05) is 0 Å². The van der Waals surface area contributed by atoms with Crippen LogP contribution in [-0.4, -0.2) is 16.0 Å². The van der Waals surface area contributed by atoms with Gasteiger partial charge in [-0.2, -0.15) is 0 Å². The van der Waals surface area contributed by atoms with Gasteiger partial charge in [-0.05, 0) is 36.8 Å². The summed E-state index contributed by atoms with van der Waals surface area (Å²) >= 11 is 3.14. The van der Waals surface area contributed by atoms with E-state index in [9.17, 15) is 9.13 Å². The van der Waals surface area contributed by atoms with Crippen molar-refractivity contribution in [2.45, 2.75) is 43.7 Å². The predicted octanol–water partition coefficient (Wildman–Crippen LogP) is 4.56. The maximum atomic E-state index is 11.9. The predicted molar refractivity (Wildman–Crippen MR) is 69.5 cm³/mol. The van der Waals surface area contributed by atoms with Gasteiger partial charge in [-0.15, -0.1) is 9.05 Å². The maximum Gasteiger partial charge on any atom is 0.587 e. The third kappa shape index (κ3) is 4.68. The first-order valence-corrected chi connectivity index (χ1v) is 7.99. The number of hydrogen-bond donors (Lipinski definition) is 0. The van der Waals surface area contributed by atoms with Crippen LogP contribution in [0, 0.1) is 0 Å². The lowest BCUT2D eigenvalue weighted by Gasteiger charge is -2.02. The number of rotatable bonds is 7. The van der Waals surface area contributed by atoms with Crippen molar-refractivity contribution < 1.29 is 18.2 Å². The van der Waals surface area contributed by atoms with Crippen molar-refractivity contribution in [3.63, 3.8) is 0 Å². The minimum atomic E-state index is -2.20. The lowest BCUT2D eigenvalue weighted by Crippen LogP contribution is -2.12. The van der Waals surface area contributed by atoms with E-state index in [4.69, 9.17) is 9.05 Å². The fourth-order valence-corrected chi connectivity index (χ4v) is 3.42. The Morgan fingerprint density at radius 2 is 1.44 bits per heavy atom. The summed E-state index contributed by atoms with van der Waals surface area (Å²) < 4.78 is 32.7. The van der Waals surface area contributed by atoms with Crippen LogP contribution in [0.3, 0.4) is 0 Å². The molecular weight excluding hydrogens is 314 g/mol. The molecule has 2 atom stereocenters. The van der Waals surface area contributed by atoms with Gasteiger partial charge < -0.3 is 0 Å². The molecule has 0 fully saturated rings. The summed E-state index contributed by atoms with van der Waals surface area (Å²) in [5.74, 6) is 0. The van der Waals surface area contributed by atoms with Crippen LogP contribution in [0.2, 0.25) is 0 Å². The van der Waals surface area contributed by atoms with Gasteiger partial charge in [0.2, 0.25) is 0 Å². The molecule has 0 aliphatic heterocycles. The molecule has 0 aliphatic rings. The highest BCUT2D eigenvalue weighted by molar-refractivity contribution is 9.12. The first-order valence-electron chi connectivity index (χ1n) is 4.84. The first kappa shape index (κ1) is 16.3. The van der Waals surface area contributed by atoms with Gasteiger partial charge in [-0.3, -0.25) is 0 Å². The summed E-state index contributed by atoms with van der Waals surface area (Å²) in [6, 6.07) is 0. The fraction of sp³-hybridized carbons (Fsp3) is 0.778. The van der Waals surface area contributed by atoms with Gasteiger partial charge in [0.05, 0.1) is 0 Å². The molecule has 0 aliphatic carbocycles. The zero-order chi connectivity index (χ0) is 12.9. The van der Waals surface area contributed by atoms with E-state index in [1.165, 1.54) is 6.08 Å². The Kier molecular flexibility index (Phi) is 7.07. The highest BCUT2D eigenvalue weighted by Crippen LogP contribution is 2.62. The van der Waals surface area contributed by atoms with E-state index < -0.39 is 19.9 Å². The minimum absolute atomic E-state index is 0.220. The van der Waals surface area contributed by atoms with Crippen molar-refractivity contribution in [3.8, 4) is 0 Å². The van der Waals surface area contributed by atoms with Gasteiger partial charge in [-0.1, -0.05) is 6.58 Å². The SMILES string of the molecule is C=CC(Br)([P+](=O)OC(C)C)[P+](=O)OC(C)C. The third-order valence-corrected chi connectivity index (χ3v) is 7.04. The van der Waals surface area contributed by atoms with Crippen molar-refractivity contribution >= 4 is 32.0 Å². The highest BCUT2D eigenvalue weighted by Gasteiger charge is 2.66. The maximum absolute atomic E-state index is 11.9. The van der Waals surface area contributed by atoms with Crippen LogP contribution in [0.15, 0.2) is 12.7 Å². The second kappa shape index (κ2) is 6.93. The van der Waals surface area contributed by atoms with Crippen LogP contribution in [-0.2, 0) is 18.2 Å². The van der Waals surface area contributed by atoms with E-state index in [1.54, 1.807) is 27.7 Å². The Bertz CT molecular complexity index is 269.